The number of benzene rings is 1. The Labute approximate surface area is 177 Å². The Morgan fingerprint density at radius 1 is 1.24 bits per heavy atom. The van der Waals surface area contributed by atoms with Gasteiger partial charge in [0, 0.05) is 17.3 Å². The van der Waals surface area contributed by atoms with Crippen LogP contribution < -0.4 is 10.1 Å². The molecule has 1 amide bonds. The van der Waals surface area contributed by atoms with Crippen LogP contribution in [0.15, 0.2) is 35.4 Å². The SMILES string of the molecule is CNC(=O)C1(c2ccc(C(=O)CSc3nc(C)nc4ccc(OC)cc34)s2)CC1. The van der Waals surface area contributed by atoms with E-state index in [-0.39, 0.29) is 17.4 Å². The predicted molar refractivity (Wildman–Crippen MR) is 115 cm³/mol. The molecule has 2 heterocycles. The molecule has 0 atom stereocenters. The number of carbonyl (C=O) groups excluding carboxylic acids is 2. The summed E-state index contributed by atoms with van der Waals surface area (Å²) in [5, 5.41) is 4.37. The van der Waals surface area contributed by atoms with Gasteiger partial charge in [-0.25, -0.2) is 9.97 Å². The van der Waals surface area contributed by atoms with Gasteiger partial charge in [0.1, 0.15) is 16.6 Å². The zero-order valence-electron chi connectivity index (χ0n) is 16.4. The van der Waals surface area contributed by atoms with Crippen molar-refractivity contribution in [3.05, 3.63) is 45.9 Å². The second-order valence-corrected chi connectivity index (χ2v) is 9.04. The molecule has 2 aromatic heterocycles. The third-order valence-electron chi connectivity index (χ3n) is 5.08. The monoisotopic (exact) mass is 427 g/mol. The van der Waals surface area contributed by atoms with Crippen molar-refractivity contribution in [3.8, 4) is 5.75 Å². The number of aromatic nitrogens is 2. The summed E-state index contributed by atoms with van der Waals surface area (Å²) in [5.41, 5.74) is 0.398. The number of ether oxygens (including phenoxy) is 1. The highest BCUT2D eigenvalue weighted by molar-refractivity contribution is 8.00. The average molecular weight is 428 g/mol. The van der Waals surface area contributed by atoms with Crippen molar-refractivity contribution in [3.63, 3.8) is 0 Å². The van der Waals surface area contributed by atoms with Crippen LogP contribution in [0, 0.1) is 6.92 Å². The topological polar surface area (TPSA) is 81.2 Å². The smallest absolute Gasteiger partial charge is 0.231 e. The van der Waals surface area contributed by atoms with Crippen LogP contribution in [0.2, 0.25) is 0 Å². The highest BCUT2D eigenvalue weighted by Gasteiger charge is 2.52. The molecule has 0 saturated heterocycles. The van der Waals surface area contributed by atoms with Gasteiger partial charge in [-0.3, -0.25) is 9.59 Å². The van der Waals surface area contributed by atoms with Crippen molar-refractivity contribution in [1.82, 2.24) is 15.3 Å². The first-order valence-electron chi connectivity index (χ1n) is 9.28. The van der Waals surface area contributed by atoms with E-state index in [2.05, 4.69) is 15.3 Å². The van der Waals surface area contributed by atoms with Gasteiger partial charge in [0.2, 0.25) is 5.91 Å². The molecule has 6 nitrogen and oxygen atoms in total. The highest BCUT2D eigenvalue weighted by Crippen LogP contribution is 2.50. The number of hydrogen-bond donors (Lipinski definition) is 1. The van der Waals surface area contributed by atoms with E-state index in [4.69, 9.17) is 4.74 Å². The minimum atomic E-state index is -0.429. The van der Waals surface area contributed by atoms with E-state index in [1.54, 1.807) is 14.2 Å². The summed E-state index contributed by atoms with van der Waals surface area (Å²) in [6.45, 7) is 1.84. The fourth-order valence-electron chi connectivity index (χ4n) is 3.33. The third-order valence-corrected chi connectivity index (χ3v) is 7.41. The van der Waals surface area contributed by atoms with Gasteiger partial charge < -0.3 is 10.1 Å². The van der Waals surface area contributed by atoms with Crippen molar-refractivity contribution < 1.29 is 14.3 Å². The van der Waals surface area contributed by atoms with Crippen LogP contribution in [0.5, 0.6) is 5.75 Å². The molecule has 1 aliphatic carbocycles. The summed E-state index contributed by atoms with van der Waals surface area (Å²) in [7, 11) is 3.27. The Morgan fingerprint density at radius 3 is 2.72 bits per heavy atom. The lowest BCUT2D eigenvalue weighted by atomic mass is 10.0. The molecule has 1 aliphatic rings. The standard InChI is InChI=1S/C21H21N3O3S2/c1-12-23-15-5-4-13(27-3)10-14(15)19(24-12)28-11-16(25)17-6-7-18(29-17)21(8-9-21)20(26)22-2/h4-7,10H,8-9,11H2,1-3H3,(H,22,26). The fraction of sp³-hybridized carbons (Fsp3) is 0.333. The molecule has 0 radical (unpaired) electrons. The molecule has 1 aromatic carbocycles. The van der Waals surface area contributed by atoms with E-state index in [1.165, 1.54) is 23.1 Å². The number of thioether (sulfide) groups is 1. The lowest BCUT2D eigenvalue weighted by Gasteiger charge is -2.10. The van der Waals surface area contributed by atoms with Crippen LogP contribution in [0.1, 0.15) is 33.2 Å². The van der Waals surface area contributed by atoms with Crippen LogP contribution >= 0.6 is 23.1 Å². The minimum Gasteiger partial charge on any atom is -0.497 e. The number of hydrogen-bond acceptors (Lipinski definition) is 7. The van der Waals surface area contributed by atoms with Gasteiger partial charge in [0.05, 0.1) is 28.7 Å². The van der Waals surface area contributed by atoms with Gasteiger partial charge in [-0.05, 0) is 50.1 Å². The molecule has 1 N–H and O–H groups in total. The van der Waals surface area contributed by atoms with Gasteiger partial charge >= 0.3 is 0 Å². The van der Waals surface area contributed by atoms with E-state index in [0.717, 1.165) is 39.4 Å². The average Bonchev–Trinajstić information content (AvgIpc) is 3.39. The molecule has 1 saturated carbocycles. The Hall–Kier alpha value is -2.45. The molecule has 0 bridgehead atoms. The van der Waals surface area contributed by atoms with Crippen LogP contribution in [0.4, 0.5) is 0 Å². The summed E-state index contributed by atoms with van der Waals surface area (Å²) in [5.74, 6) is 1.73. The zero-order chi connectivity index (χ0) is 20.6. The van der Waals surface area contributed by atoms with E-state index in [0.29, 0.717) is 10.7 Å². The first kappa shape index (κ1) is 19.8. The summed E-state index contributed by atoms with van der Waals surface area (Å²) >= 11 is 2.83. The van der Waals surface area contributed by atoms with Crippen molar-refractivity contribution in [2.24, 2.45) is 0 Å². The van der Waals surface area contributed by atoms with E-state index < -0.39 is 5.41 Å². The molecule has 29 heavy (non-hydrogen) atoms. The number of nitrogens with one attached hydrogen (secondary N) is 1. The van der Waals surface area contributed by atoms with Gasteiger partial charge in [-0.15, -0.1) is 11.3 Å². The van der Waals surface area contributed by atoms with Crippen LogP contribution in [-0.4, -0.2) is 41.6 Å². The van der Waals surface area contributed by atoms with Gasteiger partial charge in [0.25, 0.3) is 0 Å². The van der Waals surface area contributed by atoms with Crippen molar-refractivity contribution >= 4 is 45.7 Å². The van der Waals surface area contributed by atoms with Crippen LogP contribution in [-0.2, 0) is 10.2 Å². The van der Waals surface area contributed by atoms with Crippen LogP contribution in [0.3, 0.4) is 0 Å². The second kappa shape index (κ2) is 7.76. The number of thiophene rings is 1. The van der Waals surface area contributed by atoms with Crippen molar-refractivity contribution in [2.45, 2.75) is 30.2 Å². The quantitative estimate of drug-likeness (QED) is 0.351. The number of nitrogens with zero attached hydrogens (tertiary/aromatic N) is 2. The second-order valence-electron chi connectivity index (χ2n) is 7.00. The van der Waals surface area contributed by atoms with Crippen molar-refractivity contribution in [2.75, 3.05) is 19.9 Å². The number of fused-ring (bicyclic) bond motifs is 1. The number of aryl methyl sites for hydroxylation is 1. The Bertz CT molecular complexity index is 1110. The number of amides is 1. The van der Waals surface area contributed by atoms with Crippen LogP contribution in [0.25, 0.3) is 10.9 Å². The summed E-state index contributed by atoms with van der Waals surface area (Å²) in [6.07, 6.45) is 1.67. The first-order valence-corrected chi connectivity index (χ1v) is 11.1. The molecular formula is C21H21N3O3S2. The number of Topliss-reactive ketones (excluding diaryl/α,β-unsaturated/α-hetero) is 1. The molecule has 4 rings (SSSR count). The number of likely N-dealkylation sites (N-methyl/N-ethyl adjacent to an activating group) is 1. The fourth-order valence-corrected chi connectivity index (χ4v) is 5.54. The zero-order valence-corrected chi connectivity index (χ0v) is 18.1. The minimum absolute atomic E-state index is 0.0320. The molecule has 0 spiro atoms. The number of methoxy groups -OCH3 is 1. The molecule has 0 aliphatic heterocycles. The maximum atomic E-state index is 12.8. The lowest BCUT2D eigenvalue weighted by molar-refractivity contribution is -0.123. The van der Waals surface area contributed by atoms with Gasteiger partial charge in [0.15, 0.2) is 5.78 Å². The largest absolute Gasteiger partial charge is 0.497 e. The molecular weight excluding hydrogens is 406 g/mol. The molecule has 150 valence electrons. The molecule has 3 aromatic rings. The summed E-state index contributed by atoms with van der Waals surface area (Å²) in [4.78, 5) is 35.6. The number of carbonyl (C=O) groups is 2. The lowest BCUT2D eigenvalue weighted by Crippen LogP contribution is -2.31. The Balaban J connectivity index is 1.53. The molecule has 8 heteroatoms. The van der Waals surface area contributed by atoms with Gasteiger partial charge in [-0.2, -0.15) is 0 Å². The number of rotatable bonds is 7. The maximum absolute atomic E-state index is 12.8. The molecule has 1 fully saturated rings. The highest BCUT2D eigenvalue weighted by atomic mass is 32.2. The van der Waals surface area contributed by atoms with Crippen molar-refractivity contribution in [1.29, 1.82) is 0 Å². The van der Waals surface area contributed by atoms with E-state index in [1.807, 2.05) is 37.3 Å². The normalized spacial score (nSPS) is 14.6. The third kappa shape index (κ3) is 3.74. The van der Waals surface area contributed by atoms with Gasteiger partial charge in [-0.1, -0.05) is 11.8 Å². The first-order chi connectivity index (χ1) is 14.0. The Kier molecular flexibility index (Phi) is 5.31. The summed E-state index contributed by atoms with van der Waals surface area (Å²) in [6, 6.07) is 9.40. The Morgan fingerprint density at radius 2 is 2.03 bits per heavy atom. The number of ketones is 1. The molecule has 0 unspecified atom stereocenters. The maximum Gasteiger partial charge on any atom is 0.231 e. The summed E-state index contributed by atoms with van der Waals surface area (Å²) < 4.78 is 5.31. The van der Waals surface area contributed by atoms with E-state index in [9.17, 15) is 9.59 Å². The van der Waals surface area contributed by atoms with E-state index >= 15 is 0 Å². The predicted octanol–water partition coefficient (Wildman–Crippen LogP) is 3.76.